The minimum absolute atomic E-state index is 0.255. The summed E-state index contributed by atoms with van der Waals surface area (Å²) in [5, 5.41) is 11.2. The molecular formula is C28H28O7. The number of hydrogen-bond acceptors (Lipinski definition) is 7. The molecule has 1 saturated carbocycles. The van der Waals surface area contributed by atoms with Crippen molar-refractivity contribution in [2.45, 2.75) is 56.4 Å². The molecule has 0 unspecified atom stereocenters. The molecule has 0 spiro atoms. The zero-order chi connectivity index (χ0) is 24.0. The molecule has 5 rings (SSSR count). The average molecular weight is 477 g/mol. The van der Waals surface area contributed by atoms with E-state index in [0.29, 0.717) is 0 Å². The monoisotopic (exact) mass is 476 g/mol. The Labute approximate surface area is 204 Å². The molecule has 3 aromatic rings. The highest BCUT2D eigenvalue weighted by atomic mass is 16.8. The van der Waals surface area contributed by atoms with Gasteiger partial charge >= 0.3 is 6.16 Å². The Morgan fingerprint density at radius 1 is 0.571 bits per heavy atom. The highest BCUT2D eigenvalue weighted by Crippen LogP contribution is 2.36. The maximum atomic E-state index is 12.1. The van der Waals surface area contributed by atoms with Gasteiger partial charge < -0.3 is 28.8 Å². The van der Waals surface area contributed by atoms with Crippen LogP contribution < -0.4 is 0 Å². The first-order valence-corrected chi connectivity index (χ1v) is 11.7. The molecule has 1 aliphatic carbocycles. The van der Waals surface area contributed by atoms with Crippen molar-refractivity contribution in [3.63, 3.8) is 0 Å². The van der Waals surface area contributed by atoms with Crippen LogP contribution in [0.2, 0.25) is 0 Å². The van der Waals surface area contributed by atoms with Crippen molar-refractivity contribution in [1.29, 1.82) is 0 Å². The summed E-state index contributed by atoms with van der Waals surface area (Å²) < 4.78 is 29.6. The molecule has 7 nitrogen and oxygen atoms in total. The van der Waals surface area contributed by atoms with Crippen molar-refractivity contribution in [2.24, 2.45) is 0 Å². The Bertz CT molecular complexity index is 1080. The van der Waals surface area contributed by atoms with E-state index < -0.39 is 42.8 Å². The molecule has 3 aromatic carbocycles. The Balaban J connectivity index is 1.41. The smallest absolute Gasteiger partial charge is 0.424 e. The van der Waals surface area contributed by atoms with Crippen LogP contribution in [0.1, 0.15) is 16.7 Å². The van der Waals surface area contributed by atoms with E-state index >= 15 is 0 Å². The topological polar surface area (TPSA) is 83.5 Å². The van der Waals surface area contributed by atoms with Crippen LogP contribution in [-0.4, -0.2) is 47.9 Å². The summed E-state index contributed by atoms with van der Waals surface area (Å²) in [6, 6.07) is 29.1. The van der Waals surface area contributed by atoms with Crippen molar-refractivity contribution >= 4 is 6.16 Å². The average Bonchev–Trinajstić information content (AvgIpc) is 3.30. The second-order valence-electron chi connectivity index (χ2n) is 8.69. The number of benzene rings is 3. The lowest BCUT2D eigenvalue weighted by Crippen LogP contribution is -2.64. The fourth-order valence-electron chi connectivity index (χ4n) is 4.53. The van der Waals surface area contributed by atoms with Gasteiger partial charge in [-0.1, -0.05) is 91.0 Å². The third-order valence-corrected chi connectivity index (χ3v) is 6.29. The van der Waals surface area contributed by atoms with Crippen LogP contribution in [0.4, 0.5) is 4.79 Å². The van der Waals surface area contributed by atoms with E-state index in [0.717, 1.165) is 16.7 Å². The molecule has 1 aliphatic heterocycles. The summed E-state index contributed by atoms with van der Waals surface area (Å²) in [7, 11) is 0. The molecule has 0 radical (unpaired) electrons. The maximum Gasteiger partial charge on any atom is 0.509 e. The van der Waals surface area contributed by atoms with Crippen molar-refractivity contribution in [1.82, 2.24) is 0 Å². The number of fused-ring (bicyclic) bond motifs is 1. The lowest BCUT2D eigenvalue weighted by molar-refractivity contribution is -0.241. The minimum Gasteiger partial charge on any atom is -0.424 e. The Kier molecular flexibility index (Phi) is 7.39. The van der Waals surface area contributed by atoms with Gasteiger partial charge in [-0.15, -0.1) is 0 Å². The van der Waals surface area contributed by atoms with Gasteiger partial charge in [0.2, 0.25) is 0 Å². The normalized spacial score (nSPS) is 27.6. The van der Waals surface area contributed by atoms with E-state index in [-0.39, 0.29) is 19.8 Å². The third kappa shape index (κ3) is 5.55. The first kappa shape index (κ1) is 23.5. The SMILES string of the molecule is O=C1O[C@@H]2[C@H](OCc3ccccc3)[C@@H](OCc3ccccc3)[C@H](OCc3ccccc3)[C@@H](O)[C@@H]2O1. The van der Waals surface area contributed by atoms with Crippen LogP contribution in [-0.2, 0) is 43.5 Å². The molecule has 0 bridgehead atoms. The summed E-state index contributed by atoms with van der Waals surface area (Å²) in [4.78, 5) is 12.1. The Hall–Kier alpha value is -3.23. The first-order valence-electron chi connectivity index (χ1n) is 11.7. The zero-order valence-corrected chi connectivity index (χ0v) is 19.1. The molecule has 2 aliphatic rings. The molecule has 2 fully saturated rings. The molecule has 1 heterocycles. The summed E-state index contributed by atoms with van der Waals surface area (Å²) >= 11 is 0. The lowest BCUT2D eigenvalue weighted by Gasteiger charge is -2.44. The molecule has 1 saturated heterocycles. The molecule has 0 amide bonds. The number of hydrogen-bond donors (Lipinski definition) is 1. The lowest BCUT2D eigenvalue weighted by atomic mass is 9.84. The number of carbonyl (C=O) groups excluding carboxylic acids is 1. The van der Waals surface area contributed by atoms with E-state index in [4.69, 9.17) is 23.7 Å². The van der Waals surface area contributed by atoms with E-state index in [1.165, 1.54) is 0 Å². The molecule has 6 atom stereocenters. The van der Waals surface area contributed by atoms with Crippen LogP contribution in [0.3, 0.4) is 0 Å². The van der Waals surface area contributed by atoms with E-state index in [1.807, 2.05) is 91.0 Å². The van der Waals surface area contributed by atoms with E-state index in [9.17, 15) is 9.90 Å². The number of carbonyl (C=O) groups is 1. The number of rotatable bonds is 9. The van der Waals surface area contributed by atoms with Gasteiger partial charge in [0.25, 0.3) is 0 Å². The van der Waals surface area contributed by atoms with Gasteiger partial charge in [-0.2, -0.15) is 0 Å². The standard InChI is InChI=1S/C28H28O7/c29-22-23(31-16-19-10-4-1-5-11-19)25(32-17-20-12-6-2-7-13-20)26(27-24(22)34-28(30)35-27)33-18-21-14-8-3-9-15-21/h1-15,22-27,29H,16-18H2/t22-,23-,24+,25+,26-,27+/m1/s1. The second-order valence-corrected chi connectivity index (χ2v) is 8.69. The molecule has 0 aromatic heterocycles. The second kappa shape index (κ2) is 11.0. The van der Waals surface area contributed by atoms with Crippen LogP contribution in [0.15, 0.2) is 91.0 Å². The van der Waals surface area contributed by atoms with Crippen molar-refractivity contribution in [2.75, 3.05) is 0 Å². The molecule has 1 N–H and O–H groups in total. The van der Waals surface area contributed by atoms with Crippen molar-refractivity contribution in [3.8, 4) is 0 Å². The molecular weight excluding hydrogens is 448 g/mol. The van der Waals surface area contributed by atoms with Crippen LogP contribution in [0.5, 0.6) is 0 Å². The van der Waals surface area contributed by atoms with Crippen LogP contribution >= 0.6 is 0 Å². The van der Waals surface area contributed by atoms with Gasteiger partial charge in [-0.05, 0) is 16.7 Å². The Morgan fingerprint density at radius 3 is 1.46 bits per heavy atom. The van der Waals surface area contributed by atoms with Crippen LogP contribution in [0.25, 0.3) is 0 Å². The summed E-state index contributed by atoms with van der Waals surface area (Å²) in [6.07, 6.45) is -5.95. The van der Waals surface area contributed by atoms with E-state index in [1.54, 1.807) is 0 Å². The van der Waals surface area contributed by atoms with Gasteiger partial charge in [-0.25, -0.2) is 4.79 Å². The van der Waals surface area contributed by atoms with Gasteiger partial charge in [0.1, 0.15) is 24.4 Å². The van der Waals surface area contributed by atoms with E-state index in [2.05, 4.69) is 0 Å². The fourth-order valence-corrected chi connectivity index (χ4v) is 4.53. The predicted octanol–water partition coefficient (Wildman–Crippen LogP) is 4.02. The first-order chi connectivity index (χ1) is 17.2. The predicted molar refractivity (Wildman–Crippen MR) is 126 cm³/mol. The number of aliphatic hydroxyl groups is 1. The van der Waals surface area contributed by atoms with Crippen molar-refractivity contribution < 1.29 is 33.6 Å². The largest absolute Gasteiger partial charge is 0.509 e. The number of ether oxygens (including phenoxy) is 5. The summed E-state index contributed by atoms with van der Waals surface area (Å²) in [6.45, 7) is 0.811. The zero-order valence-electron chi connectivity index (χ0n) is 19.1. The quantitative estimate of drug-likeness (QED) is 0.467. The molecule has 35 heavy (non-hydrogen) atoms. The highest BCUT2D eigenvalue weighted by Gasteiger charge is 2.59. The highest BCUT2D eigenvalue weighted by molar-refractivity contribution is 5.63. The van der Waals surface area contributed by atoms with Gasteiger partial charge in [0.15, 0.2) is 12.2 Å². The number of aliphatic hydroxyl groups excluding tert-OH is 1. The molecule has 182 valence electrons. The van der Waals surface area contributed by atoms with Gasteiger partial charge in [-0.3, -0.25) is 0 Å². The fraction of sp³-hybridized carbons (Fsp3) is 0.321. The maximum absolute atomic E-state index is 12.1. The van der Waals surface area contributed by atoms with Crippen molar-refractivity contribution in [3.05, 3.63) is 108 Å². The molecule has 7 heteroatoms. The summed E-state index contributed by atoms with van der Waals surface area (Å²) in [5.41, 5.74) is 2.88. The minimum atomic E-state index is -1.15. The van der Waals surface area contributed by atoms with Gasteiger partial charge in [0, 0.05) is 0 Å². The summed E-state index contributed by atoms with van der Waals surface area (Å²) in [5.74, 6) is 0. The Morgan fingerprint density at radius 2 is 0.971 bits per heavy atom. The third-order valence-electron chi connectivity index (χ3n) is 6.29. The van der Waals surface area contributed by atoms with Gasteiger partial charge in [0.05, 0.1) is 19.8 Å². The van der Waals surface area contributed by atoms with Crippen LogP contribution in [0, 0.1) is 0 Å².